The van der Waals surface area contributed by atoms with E-state index in [1.807, 2.05) is 0 Å². The molecule has 0 aromatic rings. The summed E-state index contributed by atoms with van der Waals surface area (Å²) in [7, 11) is 0. The van der Waals surface area contributed by atoms with Crippen molar-refractivity contribution in [3.05, 3.63) is 0 Å². The number of rotatable bonds is 3. The van der Waals surface area contributed by atoms with Crippen LogP contribution in [0.4, 0.5) is 4.79 Å². The van der Waals surface area contributed by atoms with Gasteiger partial charge in [-0.2, -0.15) is 0 Å². The first-order valence-corrected chi connectivity index (χ1v) is 8.39. The standard InChI is InChI=1S/C16H31N3O/c1-4-8-17-15-7-11-19(12-14(15)3)16(20)18-9-5-13(2)6-10-18/h13-15,17H,4-12H2,1-3H3. The zero-order valence-electron chi connectivity index (χ0n) is 13.4. The fourth-order valence-electron chi connectivity index (χ4n) is 3.35. The first-order valence-electron chi connectivity index (χ1n) is 8.39. The van der Waals surface area contributed by atoms with Crippen LogP contribution in [0.5, 0.6) is 0 Å². The topological polar surface area (TPSA) is 35.6 Å². The van der Waals surface area contributed by atoms with E-state index in [1.165, 1.54) is 6.42 Å². The molecule has 0 aliphatic carbocycles. The summed E-state index contributed by atoms with van der Waals surface area (Å²) in [6.07, 6.45) is 4.60. The molecule has 2 aliphatic heterocycles. The van der Waals surface area contributed by atoms with E-state index in [-0.39, 0.29) is 6.03 Å². The van der Waals surface area contributed by atoms with Gasteiger partial charge in [0.15, 0.2) is 0 Å². The fourth-order valence-corrected chi connectivity index (χ4v) is 3.35. The van der Waals surface area contributed by atoms with Crippen molar-refractivity contribution in [1.82, 2.24) is 15.1 Å². The van der Waals surface area contributed by atoms with Crippen molar-refractivity contribution in [1.29, 1.82) is 0 Å². The third-order valence-corrected chi connectivity index (χ3v) is 4.89. The second kappa shape index (κ2) is 7.30. The third-order valence-electron chi connectivity index (χ3n) is 4.89. The summed E-state index contributed by atoms with van der Waals surface area (Å²) in [5.41, 5.74) is 0. The van der Waals surface area contributed by atoms with Gasteiger partial charge < -0.3 is 15.1 Å². The molecule has 2 heterocycles. The van der Waals surface area contributed by atoms with Gasteiger partial charge in [0.1, 0.15) is 0 Å². The lowest BCUT2D eigenvalue weighted by atomic mass is 9.93. The Balaban J connectivity index is 1.81. The van der Waals surface area contributed by atoms with Crippen LogP contribution in [0.2, 0.25) is 0 Å². The molecule has 2 aliphatic rings. The Bertz CT molecular complexity index is 313. The van der Waals surface area contributed by atoms with E-state index in [2.05, 4.69) is 35.9 Å². The normalized spacial score (nSPS) is 28.8. The SMILES string of the molecule is CCCNC1CCN(C(=O)N2CCC(C)CC2)CC1C. The van der Waals surface area contributed by atoms with Crippen molar-refractivity contribution < 1.29 is 4.79 Å². The summed E-state index contributed by atoms with van der Waals surface area (Å²) in [5, 5.41) is 3.61. The zero-order valence-corrected chi connectivity index (χ0v) is 13.4. The van der Waals surface area contributed by atoms with E-state index >= 15 is 0 Å². The molecule has 2 unspecified atom stereocenters. The van der Waals surface area contributed by atoms with E-state index in [9.17, 15) is 4.79 Å². The van der Waals surface area contributed by atoms with Crippen LogP contribution in [-0.2, 0) is 0 Å². The van der Waals surface area contributed by atoms with Crippen LogP contribution in [0.15, 0.2) is 0 Å². The second-order valence-electron chi connectivity index (χ2n) is 6.72. The van der Waals surface area contributed by atoms with Gasteiger partial charge in [0, 0.05) is 32.2 Å². The highest BCUT2D eigenvalue weighted by Gasteiger charge is 2.31. The van der Waals surface area contributed by atoms with Crippen LogP contribution in [0.25, 0.3) is 0 Å². The number of urea groups is 1. The molecule has 1 N–H and O–H groups in total. The van der Waals surface area contributed by atoms with Crippen LogP contribution in [0.3, 0.4) is 0 Å². The lowest BCUT2D eigenvalue weighted by molar-refractivity contribution is 0.106. The molecule has 0 saturated carbocycles. The Labute approximate surface area is 123 Å². The molecular weight excluding hydrogens is 250 g/mol. The summed E-state index contributed by atoms with van der Waals surface area (Å²) in [4.78, 5) is 16.7. The van der Waals surface area contributed by atoms with Crippen LogP contribution in [0.1, 0.15) is 46.5 Å². The van der Waals surface area contributed by atoms with Gasteiger partial charge in [-0.15, -0.1) is 0 Å². The maximum atomic E-state index is 12.6. The van der Waals surface area contributed by atoms with Crippen LogP contribution in [-0.4, -0.2) is 54.6 Å². The summed E-state index contributed by atoms with van der Waals surface area (Å²) < 4.78 is 0. The molecule has 2 rings (SSSR count). The minimum Gasteiger partial charge on any atom is -0.325 e. The Hall–Kier alpha value is -0.770. The van der Waals surface area contributed by atoms with Crippen molar-refractivity contribution >= 4 is 6.03 Å². The van der Waals surface area contributed by atoms with Crippen molar-refractivity contribution in [2.75, 3.05) is 32.7 Å². The van der Waals surface area contributed by atoms with Gasteiger partial charge in [-0.25, -0.2) is 4.79 Å². The minimum atomic E-state index is 0.276. The van der Waals surface area contributed by atoms with Crippen LogP contribution < -0.4 is 5.32 Å². The Morgan fingerprint density at radius 3 is 2.35 bits per heavy atom. The number of carbonyl (C=O) groups is 1. The van der Waals surface area contributed by atoms with Crippen molar-refractivity contribution in [2.24, 2.45) is 11.8 Å². The summed E-state index contributed by atoms with van der Waals surface area (Å²) in [6, 6.07) is 0.859. The monoisotopic (exact) mass is 281 g/mol. The van der Waals surface area contributed by atoms with E-state index in [0.29, 0.717) is 12.0 Å². The molecule has 0 spiro atoms. The molecule has 116 valence electrons. The highest BCUT2D eigenvalue weighted by Crippen LogP contribution is 2.21. The average Bonchev–Trinajstić information content (AvgIpc) is 2.46. The van der Waals surface area contributed by atoms with Crippen molar-refractivity contribution in [3.8, 4) is 0 Å². The lowest BCUT2D eigenvalue weighted by Crippen LogP contribution is -2.54. The number of amides is 2. The maximum absolute atomic E-state index is 12.6. The largest absolute Gasteiger partial charge is 0.325 e. The van der Waals surface area contributed by atoms with Gasteiger partial charge in [0.2, 0.25) is 0 Å². The van der Waals surface area contributed by atoms with Crippen LogP contribution >= 0.6 is 0 Å². The number of hydrogen-bond acceptors (Lipinski definition) is 2. The van der Waals surface area contributed by atoms with E-state index in [4.69, 9.17) is 0 Å². The van der Waals surface area contributed by atoms with Gasteiger partial charge in [-0.1, -0.05) is 20.8 Å². The molecule has 2 atom stereocenters. The molecule has 2 amide bonds. The number of nitrogens with zero attached hydrogens (tertiary/aromatic N) is 2. The van der Waals surface area contributed by atoms with E-state index in [1.54, 1.807) is 0 Å². The van der Waals surface area contributed by atoms with E-state index < -0.39 is 0 Å². The number of carbonyl (C=O) groups excluding carboxylic acids is 1. The smallest absolute Gasteiger partial charge is 0.320 e. The van der Waals surface area contributed by atoms with Gasteiger partial charge in [-0.05, 0) is 44.1 Å². The van der Waals surface area contributed by atoms with Gasteiger partial charge in [0.25, 0.3) is 0 Å². The molecular formula is C16H31N3O. The highest BCUT2D eigenvalue weighted by molar-refractivity contribution is 5.74. The van der Waals surface area contributed by atoms with Crippen LogP contribution in [0, 0.1) is 11.8 Å². The minimum absolute atomic E-state index is 0.276. The molecule has 0 bridgehead atoms. The first-order chi connectivity index (χ1) is 9.61. The number of hydrogen-bond donors (Lipinski definition) is 1. The predicted molar refractivity (Wildman–Crippen MR) is 82.8 cm³/mol. The lowest BCUT2D eigenvalue weighted by Gasteiger charge is -2.41. The fraction of sp³-hybridized carbons (Fsp3) is 0.938. The van der Waals surface area contributed by atoms with Crippen molar-refractivity contribution in [2.45, 2.75) is 52.5 Å². The Morgan fingerprint density at radius 2 is 1.75 bits per heavy atom. The number of likely N-dealkylation sites (tertiary alicyclic amines) is 2. The summed E-state index contributed by atoms with van der Waals surface area (Å²) in [6.45, 7) is 11.6. The molecule has 0 aromatic heterocycles. The molecule has 4 nitrogen and oxygen atoms in total. The van der Waals surface area contributed by atoms with Gasteiger partial charge in [0.05, 0.1) is 0 Å². The molecule has 4 heteroatoms. The Morgan fingerprint density at radius 1 is 1.10 bits per heavy atom. The zero-order chi connectivity index (χ0) is 14.5. The third kappa shape index (κ3) is 3.87. The molecule has 0 aromatic carbocycles. The average molecular weight is 281 g/mol. The second-order valence-corrected chi connectivity index (χ2v) is 6.72. The molecule has 2 saturated heterocycles. The Kier molecular flexibility index (Phi) is 5.70. The molecule has 20 heavy (non-hydrogen) atoms. The van der Waals surface area contributed by atoms with E-state index in [0.717, 1.165) is 57.9 Å². The molecule has 0 radical (unpaired) electrons. The molecule has 2 fully saturated rings. The quantitative estimate of drug-likeness (QED) is 0.863. The predicted octanol–water partition coefficient (Wildman–Crippen LogP) is 2.55. The summed E-state index contributed by atoms with van der Waals surface area (Å²) in [5.74, 6) is 1.34. The van der Waals surface area contributed by atoms with Crippen molar-refractivity contribution in [3.63, 3.8) is 0 Å². The first kappa shape index (κ1) is 15.6. The number of nitrogens with one attached hydrogen (secondary N) is 1. The van der Waals surface area contributed by atoms with Gasteiger partial charge in [-0.3, -0.25) is 0 Å². The summed E-state index contributed by atoms with van der Waals surface area (Å²) >= 11 is 0. The maximum Gasteiger partial charge on any atom is 0.320 e. The highest BCUT2D eigenvalue weighted by atomic mass is 16.2. The number of piperidine rings is 2. The van der Waals surface area contributed by atoms with Gasteiger partial charge >= 0.3 is 6.03 Å².